The van der Waals surface area contributed by atoms with Gasteiger partial charge < -0.3 is 9.64 Å². The lowest BCUT2D eigenvalue weighted by Crippen LogP contribution is -2.39. The molecule has 1 aromatic heterocycles. The molecule has 154 valence electrons. The Morgan fingerprint density at radius 3 is 2.62 bits per heavy atom. The van der Waals surface area contributed by atoms with Crippen LogP contribution in [0.15, 0.2) is 53.7 Å². The lowest BCUT2D eigenvalue weighted by Gasteiger charge is -2.36. The molecule has 4 nitrogen and oxygen atoms in total. The minimum absolute atomic E-state index is 0.0619. The molecule has 0 bridgehead atoms. The van der Waals surface area contributed by atoms with Crippen LogP contribution >= 0.6 is 11.8 Å². The molecule has 1 atom stereocenters. The summed E-state index contributed by atoms with van der Waals surface area (Å²) in [5.74, 6) is 0. The molecule has 0 radical (unpaired) electrons. The van der Waals surface area contributed by atoms with Gasteiger partial charge in [0.1, 0.15) is 11.6 Å². The molecule has 1 unspecified atom stereocenters. The minimum Gasteiger partial charge on any atom is -0.445 e. The highest BCUT2D eigenvalue weighted by Gasteiger charge is 2.31. The summed E-state index contributed by atoms with van der Waals surface area (Å²) in [4.78, 5) is 19.6. The number of piperidine rings is 1. The summed E-state index contributed by atoms with van der Waals surface area (Å²) >= 11 is 1.92. The van der Waals surface area contributed by atoms with Crippen LogP contribution in [0.1, 0.15) is 68.5 Å². The van der Waals surface area contributed by atoms with Crippen LogP contribution in [0.4, 0.5) is 4.79 Å². The van der Waals surface area contributed by atoms with Gasteiger partial charge in [0.25, 0.3) is 0 Å². The van der Waals surface area contributed by atoms with Gasteiger partial charge in [0, 0.05) is 23.6 Å². The number of nitrogens with zero attached hydrogens (tertiary/aromatic N) is 2. The SMILES string of the molecule is O=C(OCc1ccccc1)N1CCCCC1c1cccnc1SC1CCCCC1. The molecule has 5 heteroatoms. The number of carbonyl (C=O) groups is 1. The van der Waals surface area contributed by atoms with Crippen LogP contribution in [0.25, 0.3) is 0 Å². The van der Waals surface area contributed by atoms with Gasteiger partial charge in [-0.1, -0.05) is 55.7 Å². The first kappa shape index (κ1) is 20.3. The number of likely N-dealkylation sites (tertiary alicyclic amines) is 1. The minimum atomic E-state index is -0.212. The molecule has 1 saturated heterocycles. The molecule has 0 N–H and O–H groups in total. The first-order valence-corrected chi connectivity index (χ1v) is 11.8. The number of carbonyl (C=O) groups excluding carboxylic acids is 1. The van der Waals surface area contributed by atoms with E-state index in [2.05, 4.69) is 6.07 Å². The summed E-state index contributed by atoms with van der Waals surface area (Å²) in [5, 5.41) is 1.76. The summed E-state index contributed by atoms with van der Waals surface area (Å²) in [7, 11) is 0. The topological polar surface area (TPSA) is 42.4 Å². The Labute approximate surface area is 178 Å². The third-order valence-electron chi connectivity index (χ3n) is 5.93. The maximum Gasteiger partial charge on any atom is 0.410 e. The number of aromatic nitrogens is 1. The highest BCUT2D eigenvalue weighted by molar-refractivity contribution is 7.99. The van der Waals surface area contributed by atoms with Crippen molar-refractivity contribution < 1.29 is 9.53 Å². The van der Waals surface area contributed by atoms with Gasteiger partial charge >= 0.3 is 6.09 Å². The average Bonchev–Trinajstić information content (AvgIpc) is 2.79. The summed E-state index contributed by atoms with van der Waals surface area (Å²) in [6, 6.07) is 14.1. The fourth-order valence-corrected chi connectivity index (χ4v) is 5.72. The third-order valence-corrected chi connectivity index (χ3v) is 7.30. The summed E-state index contributed by atoms with van der Waals surface area (Å²) in [6.45, 7) is 1.07. The van der Waals surface area contributed by atoms with Crippen molar-refractivity contribution >= 4 is 17.9 Å². The molecule has 1 saturated carbocycles. The maximum atomic E-state index is 12.9. The molecule has 29 heavy (non-hydrogen) atoms. The molecule has 1 aliphatic carbocycles. The van der Waals surface area contributed by atoms with Crippen LogP contribution in [-0.4, -0.2) is 27.8 Å². The normalized spacial score (nSPS) is 20.4. The quantitative estimate of drug-likeness (QED) is 0.574. The molecule has 2 aliphatic rings. The highest BCUT2D eigenvalue weighted by Crippen LogP contribution is 2.40. The predicted octanol–water partition coefficient (Wildman–Crippen LogP) is 6.37. The molecule has 1 aromatic carbocycles. The number of benzene rings is 1. The molecule has 1 amide bonds. The van der Waals surface area contributed by atoms with E-state index in [0.717, 1.165) is 36.4 Å². The Kier molecular flexibility index (Phi) is 7.09. The van der Waals surface area contributed by atoms with E-state index >= 15 is 0 Å². The van der Waals surface area contributed by atoms with Gasteiger partial charge in [-0.3, -0.25) is 0 Å². The van der Waals surface area contributed by atoms with Crippen molar-refractivity contribution in [1.29, 1.82) is 0 Å². The van der Waals surface area contributed by atoms with Crippen molar-refractivity contribution in [3.05, 3.63) is 59.8 Å². The molecule has 0 spiro atoms. The molecular formula is C24H30N2O2S. The number of hydrogen-bond donors (Lipinski definition) is 0. The van der Waals surface area contributed by atoms with Crippen LogP contribution < -0.4 is 0 Å². The average molecular weight is 411 g/mol. The monoisotopic (exact) mass is 410 g/mol. The maximum absolute atomic E-state index is 12.9. The van der Waals surface area contributed by atoms with Gasteiger partial charge in [-0.05, 0) is 43.7 Å². The van der Waals surface area contributed by atoms with Gasteiger partial charge in [0.15, 0.2) is 0 Å². The number of thioether (sulfide) groups is 1. The molecule has 2 aromatic rings. The first-order chi connectivity index (χ1) is 14.3. The Morgan fingerprint density at radius 2 is 1.79 bits per heavy atom. The van der Waals surface area contributed by atoms with E-state index in [1.807, 2.05) is 59.3 Å². The fraction of sp³-hybridized carbons (Fsp3) is 0.500. The van der Waals surface area contributed by atoms with Crippen molar-refractivity contribution in [3.63, 3.8) is 0 Å². The largest absolute Gasteiger partial charge is 0.445 e. The van der Waals surface area contributed by atoms with Crippen LogP contribution in [0, 0.1) is 0 Å². The van der Waals surface area contributed by atoms with E-state index in [0.29, 0.717) is 11.9 Å². The van der Waals surface area contributed by atoms with Gasteiger partial charge in [0.05, 0.1) is 6.04 Å². The van der Waals surface area contributed by atoms with Gasteiger partial charge in [0.2, 0.25) is 0 Å². The number of hydrogen-bond acceptors (Lipinski definition) is 4. The summed E-state index contributed by atoms with van der Waals surface area (Å²) < 4.78 is 5.67. The lowest BCUT2D eigenvalue weighted by molar-refractivity contribution is 0.0672. The zero-order chi connectivity index (χ0) is 19.9. The van der Waals surface area contributed by atoms with E-state index in [9.17, 15) is 4.79 Å². The Bertz CT molecular complexity index is 792. The second-order valence-electron chi connectivity index (χ2n) is 8.02. The van der Waals surface area contributed by atoms with Gasteiger partial charge in [-0.25, -0.2) is 9.78 Å². The standard InChI is InChI=1S/C24H30N2O2S/c27-24(28-18-19-10-3-1-4-11-19)26-17-8-7-15-22(26)21-14-9-16-25-23(21)29-20-12-5-2-6-13-20/h1,3-4,9-11,14,16,20,22H,2,5-8,12-13,15,17-18H2. The fourth-order valence-electron chi connectivity index (χ4n) is 4.37. The van der Waals surface area contributed by atoms with Crippen molar-refractivity contribution in [3.8, 4) is 0 Å². The van der Waals surface area contributed by atoms with Crippen LogP contribution in [0.3, 0.4) is 0 Å². The van der Waals surface area contributed by atoms with E-state index < -0.39 is 0 Å². The summed E-state index contributed by atoms with van der Waals surface area (Å²) in [6.07, 6.45) is 11.4. The number of rotatable bonds is 5. The van der Waals surface area contributed by atoms with E-state index in [1.54, 1.807) is 0 Å². The van der Waals surface area contributed by atoms with E-state index in [4.69, 9.17) is 9.72 Å². The summed E-state index contributed by atoms with van der Waals surface area (Å²) in [5.41, 5.74) is 2.21. The van der Waals surface area contributed by atoms with Crippen LogP contribution in [-0.2, 0) is 11.3 Å². The van der Waals surface area contributed by atoms with E-state index in [-0.39, 0.29) is 12.1 Å². The van der Waals surface area contributed by atoms with E-state index in [1.165, 1.54) is 37.7 Å². The lowest BCUT2D eigenvalue weighted by atomic mass is 9.97. The number of ether oxygens (including phenoxy) is 1. The Hall–Kier alpha value is -2.01. The second-order valence-corrected chi connectivity index (χ2v) is 9.31. The highest BCUT2D eigenvalue weighted by atomic mass is 32.2. The Balaban J connectivity index is 1.47. The van der Waals surface area contributed by atoms with Gasteiger partial charge in [-0.15, -0.1) is 11.8 Å². The van der Waals surface area contributed by atoms with Crippen molar-refractivity contribution in [2.45, 2.75) is 74.3 Å². The molecule has 1 aliphatic heterocycles. The zero-order valence-corrected chi connectivity index (χ0v) is 17.8. The van der Waals surface area contributed by atoms with Crippen molar-refractivity contribution in [2.75, 3.05) is 6.54 Å². The predicted molar refractivity (Wildman–Crippen MR) is 117 cm³/mol. The number of pyridine rings is 1. The Morgan fingerprint density at radius 1 is 1.00 bits per heavy atom. The van der Waals surface area contributed by atoms with Crippen molar-refractivity contribution in [1.82, 2.24) is 9.88 Å². The molecular weight excluding hydrogens is 380 g/mol. The molecule has 2 heterocycles. The van der Waals surface area contributed by atoms with Crippen molar-refractivity contribution in [2.24, 2.45) is 0 Å². The molecule has 4 rings (SSSR count). The number of amides is 1. The first-order valence-electron chi connectivity index (χ1n) is 10.9. The zero-order valence-electron chi connectivity index (χ0n) is 17.0. The smallest absolute Gasteiger partial charge is 0.410 e. The second kappa shape index (κ2) is 10.1. The third kappa shape index (κ3) is 5.33. The van der Waals surface area contributed by atoms with Crippen LogP contribution in [0.5, 0.6) is 0 Å². The molecule has 2 fully saturated rings. The van der Waals surface area contributed by atoms with Crippen LogP contribution in [0.2, 0.25) is 0 Å². The van der Waals surface area contributed by atoms with Gasteiger partial charge in [-0.2, -0.15) is 0 Å².